The maximum atomic E-state index is 13.1. The first-order valence-electron chi connectivity index (χ1n) is 10.1. The number of hydrogen-bond donors (Lipinski definition) is 1. The number of nitrogens with one attached hydrogen (secondary N) is 1. The average Bonchev–Trinajstić information content (AvgIpc) is 2.96. The molecule has 0 radical (unpaired) electrons. The van der Waals surface area contributed by atoms with Gasteiger partial charge in [0, 0.05) is 18.8 Å². The van der Waals surface area contributed by atoms with Gasteiger partial charge in [-0.05, 0) is 44.2 Å². The summed E-state index contributed by atoms with van der Waals surface area (Å²) in [5, 5.41) is 7.30. The Labute approximate surface area is 173 Å². The molecule has 1 saturated heterocycles. The van der Waals surface area contributed by atoms with Gasteiger partial charge in [0.05, 0.1) is 11.4 Å². The number of carbonyl (C=O) groups is 1. The maximum Gasteiger partial charge on any atom is 0.246 e. The molecule has 2 heterocycles. The van der Waals surface area contributed by atoms with Gasteiger partial charge >= 0.3 is 0 Å². The highest BCUT2D eigenvalue weighted by molar-refractivity contribution is 7.89. The van der Waals surface area contributed by atoms with Crippen LogP contribution in [-0.4, -0.2) is 41.5 Å². The third-order valence-electron chi connectivity index (χ3n) is 5.38. The maximum absolute atomic E-state index is 13.1. The standard InChI is InChI=1S/C21H30N4O3S/c1-15(2)18-10-6-7-11-19(18)22-20(26)14-25-17(4)21(16(3)23-25)29(27,28)24-12-8-5-9-13-24/h6-7,10-11,15H,5,8-9,12-14H2,1-4H3,(H,22,26). The molecule has 8 heteroatoms. The fourth-order valence-corrected chi connectivity index (χ4v) is 5.77. The molecule has 29 heavy (non-hydrogen) atoms. The van der Waals surface area contributed by atoms with Crippen molar-refractivity contribution < 1.29 is 13.2 Å². The van der Waals surface area contributed by atoms with E-state index in [4.69, 9.17) is 0 Å². The Morgan fingerprint density at radius 2 is 1.79 bits per heavy atom. The molecule has 1 amide bonds. The molecule has 1 aliphatic rings. The Bertz CT molecular complexity index is 989. The topological polar surface area (TPSA) is 84.3 Å². The van der Waals surface area contributed by atoms with Crippen molar-refractivity contribution in [3.05, 3.63) is 41.2 Å². The molecule has 0 atom stereocenters. The second-order valence-corrected chi connectivity index (χ2v) is 9.79. The van der Waals surface area contributed by atoms with Gasteiger partial charge < -0.3 is 5.32 Å². The quantitative estimate of drug-likeness (QED) is 0.779. The number of hydrogen-bond acceptors (Lipinski definition) is 4. The van der Waals surface area contributed by atoms with Gasteiger partial charge in [0.1, 0.15) is 11.4 Å². The molecule has 7 nitrogen and oxygen atoms in total. The number of aromatic nitrogens is 2. The lowest BCUT2D eigenvalue weighted by atomic mass is 10.0. The Kier molecular flexibility index (Phi) is 6.43. The summed E-state index contributed by atoms with van der Waals surface area (Å²) >= 11 is 0. The van der Waals surface area contributed by atoms with Crippen LogP contribution in [0.4, 0.5) is 5.69 Å². The second-order valence-electron chi connectivity index (χ2n) is 7.91. The summed E-state index contributed by atoms with van der Waals surface area (Å²) in [4.78, 5) is 12.9. The summed E-state index contributed by atoms with van der Waals surface area (Å²) in [6, 6.07) is 7.70. The van der Waals surface area contributed by atoms with E-state index < -0.39 is 10.0 Å². The minimum Gasteiger partial charge on any atom is -0.324 e. The van der Waals surface area contributed by atoms with Crippen LogP contribution in [0.25, 0.3) is 0 Å². The van der Waals surface area contributed by atoms with E-state index in [-0.39, 0.29) is 23.3 Å². The molecule has 0 spiro atoms. The number of carbonyl (C=O) groups excluding carboxylic acids is 1. The number of rotatable bonds is 6. The van der Waals surface area contributed by atoms with Crippen molar-refractivity contribution in [3.8, 4) is 0 Å². The molecule has 0 unspecified atom stereocenters. The predicted octanol–water partition coefficient (Wildman–Crippen LogP) is 3.44. The lowest BCUT2D eigenvalue weighted by Gasteiger charge is -2.26. The number of para-hydroxylation sites is 1. The molecule has 2 aromatic rings. The Hall–Kier alpha value is -2.19. The monoisotopic (exact) mass is 418 g/mol. The van der Waals surface area contributed by atoms with Crippen molar-refractivity contribution in [3.63, 3.8) is 0 Å². The summed E-state index contributed by atoms with van der Waals surface area (Å²) in [6.07, 6.45) is 2.81. The fourth-order valence-electron chi connectivity index (χ4n) is 3.88. The molecular weight excluding hydrogens is 388 g/mol. The summed E-state index contributed by atoms with van der Waals surface area (Å²) < 4.78 is 29.2. The highest BCUT2D eigenvalue weighted by Gasteiger charge is 2.32. The van der Waals surface area contributed by atoms with Gasteiger partial charge in [0.15, 0.2) is 0 Å². The van der Waals surface area contributed by atoms with Gasteiger partial charge in [-0.3, -0.25) is 9.48 Å². The summed E-state index contributed by atoms with van der Waals surface area (Å²) in [6.45, 7) is 8.60. The van der Waals surface area contributed by atoms with Crippen LogP contribution in [0.15, 0.2) is 29.2 Å². The van der Waals surface area contributed by atoms with Crippen LogP contribution < -0.4 is 5.32 Å². The van der Waals surface area contributed by atoms with Crippen LogP contribution in [0.3, 0.4) is 0 Å². The normalized spacial score (nSPS) is 15.6. The minimum atomic E-state index is -3.60. The van der Waals surface area contributed by atoms with Gasteiger partial charge in [-0.2, -0.15) is 9.40 Å². The molecule has 1 N–H and O–H groups in total. The zero-order chi connectivity index (χ0) is 21.2. The number of anilines is 1. The summed E-state index contributed by atoms with van der Waals surface area (Å²) in [5.74, 6) is 0.0482. The van der Waals surface area contributed by atoms with Crippen molar-refractivity contribution in [1.29, 1.82) is 0 Å². The first-order chi connectivity index (χ1) is 13.7. The van der Waals surface area contributed by atoms with E-state index in [0.29, 0.717) is 24.5 Å². The number of nitrogens with zero attached hydrogens (tertiary/aromatic N) is 3. The zero-order valence-corrected chi connectivity index (χ0v) is 18.4. The SMILES string of the molecule is Cc1nn(CC(=O)Nc2ccccc2C(C)C)c(C)c1S(=O)(=O)N1CCCCC1. The van der Waals surface area contributed by atoms with Crippen LogP contribution in [-0.2, 0) is 21.4 Å². The van der Waals surface area contributed by atoms with Crippen molar-refractivity contribution in [2.45, 2.75) is 64.3 Å². The molecule has 1 aliphatic heterocycles. The summed E-state index contributed by atoms with van der Waals surface area (Å²) in [5.41, 5.74) is 2.77. The van der Waals surface area contributed by atoms with Gasteiger partial charge in [0.2, 0.25) is 15.9 Å². The number of piperidine rings is 1. The Morgan fingerprint density at radius 1 is 1.14 bits per heavy atom. The van der Waals surface area contributed by atoms with Crippen molar-refractivity contribution in [1.82, 2.24) is 14.1 Å². The number of amides is 1. The molecule has 158 valence electrons. The molecule has 1 aromatic carbocycles. The van der Waals surface area contributed by atoms with Gasteiger partial charge in [-0.15, -0.1) is 0 Å². The van der Waals surface area contributed by atoms with Crippen LogP contribution in [0, 0.1) is 13.8 Å². The van der Waals surface area contributed by atoms with E-state index in [9.17, 15) is 13.2 Å². The largest absolute Gasteiger partial charge is 0.324 e. The highest BCUT2D eigenvalue weighted by atomic mass is 32.2. The Morgan fingerprint density at radius 3 is 2.45 bits per heavy atom. The van der Waals surface area contributed by atoms with Crippen molar-refractivity contribution >= 4 is 21.6 Å². The third-order valence-corrected chi connectivity index (χ3v) is 7.53. The van der Waals surface area contributed by atoms with E-state index in [1.807, 2.05) is 24.3 Å². The van der Waals surface area contributed by atoms with E-state index in [0.717, 1.165) is 30.5 Å². The Balaban J connectivity index is 1.81. The second kappa shape index (κ2) is 8.67. The van der Waals surface area contributed by atoms with Crippen LogP contribution in [0.2, 0.25) is 0 Å². The average molecular weight is 419 g/mol. The molecule has 0 saturated carbocycles. The van der Waals surface area contributed by atoms with Crippen LogP contribution >= 0.6 is 0 Å². The predicted molar refractivity (Wildman–Crippen MR) is 113 cm³/mol. The van der Waals surface area contributed by atoms with E-state index in [2.05, 4.69) is 24.3 Å². The molecule has 0 aliphatic carbocycles. The van der Waals surface area contributed by atoms with Gasteiger partial charge in [-0.25, -0.2) is 8.42 Å². The van der Waals surface area contributed by atoms with Crippen LogP contribution in [0.1, 0.15) is 56.0 Å². The van der Waals surface area contributed by atoms with Crippen molar-refractivity contribution in [2.24, 2.45) is 0 Å². The molecule has 0 bridgehead atoms. The van der Waals surface area contributed by atoms with E-state index >= 15 is 0 Å². The van der Waals surface area contributed by atoms with E-state index in [1.54, 1.807) is 13.8 Å². The number of benzene rings is 1. The van der Waals surface area contributed by atoms with Gasteiger partial charge in [-0.1, -0.05) is 38.5 Å². The number of sulfonamides is 1. The fraction of sp³-hybridized carbons (Fsp3) is 0.524. The first-order valence-corrected chi connectivity index (χ1v) is 11.6. The zero-order valence-electron chi connectivity index (χ0n) is 17.6. The lowest BCUT2D eigenvalue weighted by Crippen LogP contribution is -2.36. The summed E-state index contributed by atoms with van der Waals surface area (Å²) in [7, 11) is -3.60. The molecular formula is C21H30N4O3S. The van der Waals surface area contributed by atoms with E-state index in [1.165, 1.54) is 8.99 Å². The highest BCUT2D eigenvalue weighted by Crippen LogP contribution is 2.27. The third kappa shape index (κ3) is 4.53. The van der Waals surface area contributed by atoms with Crippen LogP contribution in [0.5, 0.6) is 0 Å². The van der Waals surface area contributed by atoms with Crippen molar-refractivity contribution in [2.75, 3.05) is 18.4 Å². The first kappa shape index (κ1) is 21.5. The molecule has 3 rings (SSSR count). The number of aryl methyl sites for hydroxylation is 1. The lowest BCUT2D eigenvalue weighted by molar-refractivity contribution is -0.116. The minimum absolute atomic E-state index is 0.0331. The smallest absolute Gasteiger partial charge is 0.246 e. The molecule has 1 aromatic heterocycles. The van der Waals surface area contributed by atoms with Gasteiger partial charge in [0.25, 0.3) is 0 Å². The molecule has 1 fully saturated rings.